The molecule has 1 aromatic carbocycles. The lowest BCUT2D eigenvalue weighted by Crippen LogP contribution is -2.74. The van der Waals surface area contributed by atoms with Gasteiger partial charge in [0.15, 0.2) is 5.54 Å². The molecule has 2 atom stereocenters. The van der Waals surface area contributed by atoms with E-state index in [4.69, 9.17) is 17.3 Å². The summed E-state index contributed by atoms with van der Waals surface area (Å²) in [5, 5.41) is 0.518. The van der Waals surface area contributed by atoms with Crippen LogP contribution in [-0.4, -0.2) is 80.8 Å². The van der Waals surface area contributed by atoms with E-state index in [9.17, 15) is 32.3 Å². The maximum absolute atomic E-state index is 13.6. The molecule has 1 aromatic heterocycles. The van der Waals surface area contributed by atoms with E-state index in [1.54, 1.807) is 36.4 Å². The third-order valence-corrected chi connectivity index (χ3v) is 6.78. The number of halogens is 4. The number of pyridine rings is 1. The summed E-state index contributed by atoms with van der Waals surface area (Å²) >= 11 is 5.89. The molecule has 2 N–H and O–H groups in total. The largest absolute Gasteiger partial charge is 0.406 e. The summed E-state index contributed by atoms with van der Waals surface area (Å²) < 4.78 is 39.9. The summed E-state index contributed by atoms with van der Waals surface area (Å²) in [5.74, 6) is -2.90. The van der Waals surface area contributed by atoms with Crippen molar-refractivity contribution in [1.29, 1.82) is 0 Å². The molecule has 2 aliphatic heterocycles. The minimum atomic E-state index is -4.87. The molecular weight excluding hydrogens is 515 g/mol. The molecule has 2 saturated heterocycles. The Hall–Kier alpha value is -3.67. The lowest BCUT2D eigenvalue weighted by Gasteiger charge is -2.49. The second kappa shape index (κ2) is 10.0. The highest BCUT2D eigenvalue weighted by Crippen LogP contribution is 2.40. The van der Waals surface area contributed by atoms with Gasteiger partial charge in [0.2, 0.25) is 11.8 Å². The minimum absolute atomic E-state index is 0.0700. The van der Waals surface area contributed by atoms with Crippen molar-refractivity contribution in [3.05, 3.63) is 64.9 Å². The number of benzene rings is 1. The van der Waals surface area contributed by atoms with Gasteiger partial charge in [-0.3, -0.25) is 24.3 Å². The van der Waals surface area contributed by atoms with Gasteiger partial charge in [0.05, 0.1) is 0 Å². The predicted molar refractivity (Wildman–Crippen MR) is 125 cm³/mol. The van der Waals surface area contributed by atoms with Gasteiger partial charge in [-0.25, -0.2) is 4.79 Å². The molecule has 2 fully saturated rings. The molecule has 4 rings (SSSR count). The van der Waals surface area contributed by atoms with Crippen LogP contribution in [0.1, 0.15) is 17.7 Å². The normalized spacial score (nSPS) is 21.8. The number of urea groups is 1. The van der Waals surface area contributed by atoms with Crippen LogP contribution in [-0.2, 0) is 27.2 Å². The standard InChI is InChI=1S/C24H23ClF3N5O4/c25-16-7-4-15(5-8-16)6-9-18(34)31-11-12-33-22(37)32(14-24(26,27)28)21(36)23(33,19(31)20(29)35)13-17-3-1-2-10-30-17/h1-5,7-8,10,19H,6,9,11-14H2,(H2,29,35)/t19-,23-/m0/s1. The van der Waals surface area contributed by atoms with Gasteiger partial charge < -0.3 is 15.5 Å². The molecule has 0 aliphatic carbocycles. The number of fused-ring (bicyclic) bond motifs is 1. The average molecular weight is 538 g/mol. The van der Waals surface area contributed by atoms with Crippen LogP contribution < -0.4 is 5.73 Å². The molecule has 0 bridgehead atoms. The van der Waals surface area contributed by atoms with E-state index in [1.807, 2.05) is 0 Å². The number of nitrogens with zero attached hydrogens (tertiary/aromatic N) is 4. The van der Waals surface area contributed by atoms with E-state index in [0.717, 1.165) is 15.4 Å². The van der Waals surface area contributed by atoms with Crippen LogP contribution in [0.4, 0.5) is 18.0 Å². The number of carbonyl (C=O) groups excluding carboxylic acids is 4. The first kappa shape index (κ1) is 26.4. The van der Waals surface area contributed by atoms with Crippen molar-refractivity contribution >= 4 is 35.4 Å². The Morgan fingerprint density at radius 3 is 2.41 bits per heavy atom. The number of nitrogens with two attached hydrogens (primary N) is 1. The quantitative estimate of drug-likeness (QED) is 0.543. The van der Waals surface area contributed by atoms with Gasteiger partial charge in [0.1, 0.15) is 12.6 Å². The first-order valence-corrected chi connectivity index (χ1v) is 11.8. The number of imide groups is 1. The highest BCUT2D eigenvalue weighted by Gasteiger charge is 2.67. The SMILES string of the molecule is NC(=O)[C@@H]1N(C(=O)CCc2ccc(Cl)cc2)CCN2C(=O)N(CC(F)(F)F)C(=O)[C@]12Cc1ccccn1. The van der Waals surface area contributed by atoms with E-state index in [0.29, 0.717) is 5.02 Å². The lowest BCUT2D eigenvalue weighted by atomic mass is 9.79. The summed E-state index contributed by atoms with van der Waals surface area (Å²) in [6.07, 6.45) is -3.66. The molecule has 2 aromatic rings. The molecule has 37 heavy (non-hydrogen) atoms. The van der Waals surface area contributed by atoms with Gasteiger partial charge in [-0.15, -0.1) is 0 Å². The highest BCUT2D eigenvalue weighted by atomic mass is 35.5. The van der Waals surface area contributed by atoms with E-state index < -0.39 is 54.5 Å². The molecule has 0 spiro atoms. The summed E-state index contributed by atoms with van der Waals surface area (Å²) in [4.78, 5) is 59.0. The number of carbonyl (C=O) groups is 4. The van der Waals surface area contributed by atoms with Crippen molar-refractivity contribution in [2.75, 3.05) is 19.6 Å². The Balaban J connectivity index is 1.72. The Bertz CT molecular complexity index is 1210. The third-order valence-electron chi connectivity index (χ3n) is 6.53. The molecule has 196 valence electrons. The number of aryl methyl sites for hydroxylation is 1. The second-order valence-electron chi connectivity index (χ2n) is 8.88. The Kier molecular flexibility index (Phi) is 7.13. The number of primary amides is 1. The van der Waals surface area contributed by atoms with Gasteiger partial charge in [-0.1, -0.05) is 29.8 Å². The average Bonchev–Trinajstić information content (AvgIpc) is 3.03. The van der Waals surface area contributed by atoms with Crippen molar-refractivity contribution < 1.29 is 32.3 Å². The predicted octanol–water partition coefficient (Wildman–Crippen LogP) is 2.17. The van der Waals surface area contributed by atoms with Crippen molar-refractivity contribution in [3.8, 4) is 0 Å². The minimum Gasteiger partial charge on any atom is -0.368 e. The van der Waals surface area contributed by atoms with Crippen molar-refractivity contribution in [1.82, 2.24) is 19.7 Å². The molecule has 0 unspecified atom stereocenters. The lowest BCUT2D eigenvalue weighted by molar-refractivity contribution is -0.162. The molecule has 5 amide bonds. The fourth-order valence-corrected chi connectivity index (χ4v) is 5.10. The van der Waals surface area contributed by atoms with Crippen LogP contribution in [0.3, 0.4) is 0 Å². The number of aromatic nitrogens is 1. The summed E-state index contributed by atoms with van der Waals surface area (Å²) in [5.41, 5.74) is 4.56. The Labute approximate surface area is 215 Å². The zero-order chi connectivity index (χ0) is 27.0. The Morgan fingerprint density at radius 2 is 1.81 bits per heavy atom. The van der Waals surface area contributed by atoms with Crippen molar-refractivity contribution in [2.45, 2.75) is 37.0 Å². The van der Waals surface area contributed by atoms with Gasteiger partial charge in [-0.2, -0.15) is 13.2 Å². The van der Waals surface area contributed by atoms with Crippen molar-refractivity contribution in [3.63, 3.8) is 0 Å². The zero-order valence-electron chi connectivity index (χ0n) is 19.4. The summed E-state index contributed by atoms with van der Waals surface area (Å²) in [7, 11) is 0. The van der Waals surface area contributed by atoms with Gasteiger partial charge >= 0.3 is 12.2 Å². The van der Waals surface area contributed by atoms with E-state index in [2.05, 4.69) is 4.98 Å². The second-order valence-corrected chi connectivity index (χ2v) is 9.32. The number of hydrogen-bond donors (Lipinski definition) is 1. The fraction of sp³-hybridized carbons (Fsp3) is 0.375. The van der Waals surface area contributed by atoms with Crippen LogP contribution >= 0.6 is 11.6 Å². The van der Waals surface area contributed by atoms with E-state index in [1.165, 1.54) is 12.3 Å². The number of piperazine rings is 1. The molecule has 0 saturated carbocycles. The first-order valence-electron chi connectivity index (χ1n) is 11.4. The van der Waals surface area contributed by atoms with Gasteiger partial charge in [-0.05, 0) is 36.2 Å². The van der Waals surface area contributed by atoms with Gasteiger partial charge in [0.25, 0.3) is 5.91 Å². The zero-order valence-corrected chi connectivity index (χ0v) is 20.2. The van der Waals surface area contributed by atoms with Crippen LogP contribution in [0.2, 0.25) is 5.02 Å². The molecule has 2 aliphatic rings. The third kappa shape index (κ3) is 5.10. The molecule has 13 heteroatoms. The van der Waals surface area contributed by atoms with E-state index in [-0.39, 0.29) is 36.5 Å². The first-order chi connectivity index (χ1) is 17.4. The number of hydrogen-bond acceptors (Lipinski definition) is 5. The van der Waals surface area contributed by atoms with Crippen molar-refractivity contribution in [2.24, 2.45) is 5.73 Å². The molecule has 0 radical (unpaired) electrons. The van der Waals surface area contributed by atoms with Crippen LogP contribution in [0.15, 0.2) is 48.7 Å². The monoisotopic (exact) mass is 537 g/mol. The van der Waals surface area contributed by atoms with Crippen LogP contribution in [0.5, 0.6) is 0 Å². The van der Waals surface area contributed by atoms with Crippen LogP contribution in [0.25, 0.3) is 0 Å². The summed E-state index contributed by atoms with van der Waals surface area (Å²) in [6, 6.07) is 8.58. The molecule has 9 nitrogen and oxygen atoms in total. The maximum atomic E-state index is 13.6. The Morgan fingerprint density at radius 1 is 1.11 bits per heavy atom. The molecular formula is C24H23ClF3N5O4. The van der Waals surface area contributed by atoms with Gasteiger partial charge in [0, 0.05) is 42.8 Å². The number of amides is 5. The molecule has 3 heterocycles. The number of rotatable bonds is 7. The topological polar surface area (TPSA) is 117 Å². The van der Waals surface area contributed by atoms with E-state index >= 15 is 0 Å². The summed E-state index contributed by atoms with van der Waals surface area (Å²) in [6.45, 7) is -2.28. The maximum Gasteiger partial charge on any atom is 0.406 e. The fourth-order valence-electron chi connectivity index (χ4n) is 4.98. The number of alkyl halides is 3. The smallest absolute Gasteiger partial charge is 0.368 e. The highest BCUT2D eigenvalue weighted by molar-refractivity contribution is 6.30. The van der Waals surface area contributed by atoms with Crippen LogP contribution in [0, 0.1) is 0 Å².